The van der Waals surface area contributed by atoms with Crippen molar-refractivity contribution in [3.8, 4) is 0 Å². The van der Waals surface area contributed by atoms with E-state index in [-0.39, 0.29) is 11.8 Å². The first-order valence-corrected chi connectivity index (χ1v) is 11.7. The summed E-state index contributed by atoms with van der Waals surface area (Å²) in [6.07, 6.45) is 15.6. The summed E-state index contributed by atoms with van der Waals surface area (Å²) in [7, 11) is 0. The molecule has 3 N–H and O–H groups in total. The van der Waals surface area contributed by atoms with E-state index in [1.165, 1.54) is 31.8 Å². The summed E-state index contributed by atoms with van der Waals surface area (Å²) >= 11 is 0. The van der Waals surface area contributed by atoms with Gasteiger partial charge in [-0.15, -0.1) is 0 Å². The van der Waals surface area contributed by atoms with E-state index in [1.54, 1.807) is 6.08 Å². The van der Waals surface area contributed by atoms with E-state index in [0.29, 0.717) is 19.6 Å². The highest BCUT2D eigenvalue weighted by Crippen LogP contribution is 2.41. The summed E-state index contributed by atoms with van der Waals surface area (Å²) in [5, 5.41) is 29.6. The molecule has 6 nitrogen and oxygen atoms in total. The molecular formula is C24H40O6. The summed E-state index contributed by atoms with van der Waals surface area (Å²) in [4.78, 5) is 10.5. The number of aliphatic carboxylic acids is 1. The zero-order chi connectivity index (χ0) is 21.8. The van der Waals surface area contributed by atoms with Crippen molar-refractivity contribution < 1.29 is 29.6 Å². The Hall–Kier alpha value is -1.21. The van der Waals surface area contributed by atoms with Crippen LogP contribution in [0.4, 0.5) is 0 Å². The lowest BCUT2D eigenvalue weighted by Crippen LogP contribution is -2.33. The van der Waals surface area contributed by atoms with E-state index in [4.69, 9.17) is 14.6 Å². The summed E-state index contributed by atoms with van der Waals surface area (Å²) in [6, 6.07) is 0. The second kappa shape index (κ2) is 13.3. The second-order valence-electron chi connectivity index (χ2n) is 8.71. The predicted molar refractivity (Wildman–Crippen MR) is 116 cm³/mol. The van der Waals surface area contributed by atoms with Gasteiger partial charge in [-0.1, -0.05) is 50.8 Å². The van der Waals surface area contributed by atoms with Gasteiger partial charge in [-0.05, 0) is 43.9 Å². The maximum atomic E-state index is 10.5. The summed E-state index contributed by atoms with van der Waals surface area (Å²) in [6.45, 7) is 3.47. The van der Waals surface area contributed by atoms with Gasteiger partial charge in [0.25, 0.3) is 0 Å². The van der Waals surface area contributed by atoms with E-state index in [9.17, 15) is 15.0 Å². The average molecular weight is 425 g/mol. The number of hydrogen-bond acceptors (Lipinski definition) is 5. The smallest absolute Gasteiger partial charge is 0.328 e. The van der Waals surface area contributed by atoms with Crippen LogP contribution in [0, 0.1) is 11.8 Å². The minimum atomic E-state index is -0.968. The highest BCUT2D eigenvalue weighted by Gasteiger charge is 2.43. The van der Waals surface area contributed by atoms with Gasteiger partial charge in [0.2, 0.25) is 0 Å². The topological polar surface area (TPSA) is 96.2 Å². The number of carboxylic acid groups (broad SMARTS) is 1. The van der Waals surface area contributed by atoms with E-state index < -0.39 is 24.0 Å². The maximum absolute atomic E-state index is 10.5. The van der Waals surface area contributed by atoms with Crippen molar-refractivity contribution in [1.82, 2.24) is 0 Å². The molecule has 172 valence electrons. The van der Waals surface area contributed by atoms with E-state index in [0.717, 1.165) is 44.6 Å². The SMILES string of the molecule is CCCCCCCC1(CC[C@H]2[C@@H](CC/C=C\C=CC(=O)O)[C@@H](O)C[C@H]2O)OCCO1. The second-order valence-corrected chi connectivity index (χ2v) is 8.71. The summed E-state index contributed by atoms with van der Waals surface area (Å²) in [5.74, 6) is -1.42. The maximum Gasteiger partial charge on any atom is 0.328 e. The van der Waals surface area contributed by atoms with Gasteiger partial charge in [-0.3, -0.25) is 0 Å². The Bertz CT molecular complexity index is 552. The van der Waals surface area contributed by atoms with Crippen LogP contribution in [0.15, 0.2) is 24.3 Å². The molecule has 30 heavy (non-hydrogen) atoms. The van der Waals surface area contributed by atoms with Crippen LogP contribution in [0.2, 0.25) is 0 Å². The zero-order valence-electron chi connectivity index (χ0n) is 18.4. The van der Waals surface area contributed by atoms with Crippen molar-refractivity contribution in [3.05, 3.63) is 24.3 Å². The van der Waals surface area contributed by atoms with E-state index >= 15 is 0 Å². The molecule has 2 rings (SSSR count). The Morgan fingerprint density at radius 3 is 2.30 bits per heavy atom. The Kier molecular flexibility index (Phi) is 11.1. The third kappa shape index (κ3) is 8.14. The van der Waals surface area contributed by atoms with Crippen LogP contribution < -0.4 is 0 Å². The van der Waals surface area contributed by atoms with Crippen LogP contribution in [0.5, 0.6) is 0 Å². The monoisotopic (exact) mass is 424 g/mol. The molecule has 1 saturated heterocycles. The molecule has 0 amide bonds. The van der Waals surface area contributed by atoms with Crippen molar-refractivity contribution in [2.45, 2.75) is 95.5 Å². The normalized spacial score (nSPS) is 28.8. The fourth-order valence-corrected chi connectivity index (χ4v) is 4.88. The van der Waals surface area contributed by atoms with Crippen molar-refractivity contribution >= 4 is 5.97 Å². The first-order valence-electron chi connectivity index (χ1n) is 11.7. The number of hydrogen-bond donors (Lipinski definition) is 3. The number of aliphatic hydroxyl groups excluding tert-OH is 2. The molecule has 4 atom stereocenters. The quantitative estimate of drug-likeness (QED) is 0.220. The summed E-state index contributed by atoms with van der Waals surface area (Å²) in [5.41, 5.74) is 0. The molecule has 0 aromatic heterocycles. The molecule has 0 aromatic carbocycles. The van der Waals surface area contributed by atoms with Crippen LogP contribution in [0.1, 0.15) is 77.6 Å². The van der Waals surface area contributed by atoms with Gasteiger partial charge in [-0.25, -0.2) is 4.79 Å². The van der Waals surface area contributed by atoms with Gasteiger partial charge in [0.15, 0.2) is 5.79 Å². The number of ether oxygens (including phenoxy) is 2. The molecule has 2 aliphatic rings. The highest BCUT2D eigenvalue weighted by atomic mass is 16.7. The number of unbranched alkanes of at least 4 members (excludes halogenated alkanes) is 4. The molecule has 1 heterocycles. The Labute approximate surface area is 181 Å². The Morgan fingerprint density at radius 2 is 1.63 bits per heavy atom. The largest absolute Gasteiger partial charge is 0.478 e. The predicted octanol–water partition coefficient (Wildman–Crippen LogP) is 4.21. The first-order chi connectivity index (χ1) is 14.5. The Balaban J connectivity index is 1.84. The number of carbonyl (C=O) groups is 1. The number of carboxylic acids is 1. The third-order valence-electron chi connectivity index (χ3n) is 6.51. The van der Waals surface area contributed by atoms with Crippen molar-refractivity contribution in [2.24, 2.45) is 11.8 Å². The molecule has 0 spiro atoms. The van der Waals surface area contributed by atoms with Crippen LogP contribution >= 0.6 is 0 Å². The number of allylic oxidation sites excluding steroid dienone is 3. The fourth-order valence-electron chi connectivity index (χ4n) is 4.88. The zero-order valence-corrected chi connectivity index (χ0v) is 18.4. The standard InChI is InChI=1S/C24H40O6/c1-2-3-4-7-10-14-24(29-16-17-30-24)15-13-20-19(21(25)18-22(20)26)11-8-5-6-9-12-23(27)28/h5-6,9,12,19-22,25-26H,2-4,7-8,10-11,13-18H2,1H3,(H,27,28)/b6-5-,12-9?/t19-,20+,21+,22-/m1/s1. The summed E-state index contributed by atoms with van der Waals surface area (Å²) < 4.78 is 12.0. The molecule has 1 aliphatic carbocycles. The molecule has 0 aromatic rings. The lowest BCUT2D eigenvalue weighted by Gasteiger charge is -2.31. The lowest BCUT2D eigenvalue weighted by molar-refractivity contribution is -0.171. The lowest BCUT2D eigenvalue weighted by atomic mass is 9.84. The molecule has 0 bridgehead atoms. The van der Waals surface area contributed by atoms with Gasteiger partial charge < -0.3 is 24.8 Å². The van der Waals surface area contributed by atoms with Gasteiger partial charge in [0.05, 0.1) is 25.4 Å². The van der Waals surface area contributed by atoms with Gasteiger partial charge in [0.1, 0.15) is 0 Å². The first kappa shape index (κ1) is 25.1. The molecule has 0 radical (unpaired) electrons. The highest BCUT2D eigenvalue weighted by molar-refractivity contribution is 5.80. The van der Waals surface area contributed by atoms with Crippen LogP contribution in [0.25, 0.3) is 0 Å². The van der Waals surface area contributed by atoms with Crippen molar-refractivity contribution in [1.29, 1.82) is 0 Å². The molecule has 2 fully saturated rings. The molecule has 1 aliphatic heterocycles. The van der Waals surface area contributed by atoms with Gasteiger partial charge >= 0.3 is 5.97 Å². The van der Waals surface area contributed by atoms with Crippen molar-refractivity contribution in [3.63, 3.8) is 0 Å². The molecule has 1 saturated carbocycles. The van der Waals surface area contributed by atoms with E-state index in [2.05, 4.69) is 6.92 Å². The fraction of sp³-hybridized carbons (Fsp3) is 0.792. The van der Waals surface area contributed by atoms with E-state index in [1.807, 2.05) is 6.08 Å². The Morgan fingerprint density at radius 1 is 0.967 bits per heavy atom. The van der Waals surface area contributed by atoms with Crippen LogP contribution in [0.3, 0.4) is 0 Å². The van der Waals surface area contributed by atoms with Crippen molar-refractivity contribution in [2.75, 3.05) is 13.2 Å². The minimum Gasteiger partial charge on any atom is -0.478 e. The molecule has 6 heteroatoms. The number of aliphatic hydroxyl groups is 2. The van der Waals surface area contributed by atoms with Crippen LogP contribution in [-0.2, 0) is 14.3 Å². The van der Waals surface area contributed by atoms with Crippen LogP contribution in [-0.4, -0.2) is 52.5 Å². The third-order valence-corrected chi connectivity index (χ3v) is 6.51. The molecular weight excluding hydrogens is 384 g/mol. The molecule has 0 unspecified atom stereocenters. The number of rotatable bonds is 14. The average Bonchev–Trinajstić information content (AvgIpc) is 3.27. The minimum absolute atomic E-state index is 0.0349. The van der Waals surface area contributed by atoms with Gasteiger partial charge in [0, 0.05) is 18.9 Å². The van der Waals surface area contributed by atoms with Gasteiger partial charge in [-0.2, -0.15) is 0 Å².